The van der Waals surface area contributed by atoms with Gasteiger partial charge in [-0.15, -0.1) is 0 Å². The van der Waals surface area contributed by atoms with Gasteiger partial charge >= 0.3 is 0 Å². The van der Waals surface area contributed by atoms with Crippen molar-refractivity contribution in [1.82, 2.24) is 9.55 Å². The number of hydrogen-bond donors (Lipinski definition) is 1. The molecule has 1 aliphatic heterocycles. The fourth-order valence-electron chi connectivity index (χ4n) is 3.69. The number of hydrogen-bond acceptors (Lipinski definition) is 4. The van der Waals surface area contributed by atoms with Crippen molar-refractivity contribution in [2.24, 2.45) is 0 Å². The summed E-state index contributed by atoms with van der Waals surface area (Å²) in [6.07, 6.45) is 0.839. The van der Waals surface area contributed by atoms with E-state index in [2.05, 4.69) is 14.9 Å². The number of fused-ring (bicyclic) bond motifs is 2. The van der Waals surface area contributed by atoms with Crippen molar-refractivity contribution < 1.29 is 14.3 Å². The van der Waals surface area contributed by atoms with Gasteiger partial charge in [-0.3, -0.25) is 9.36 Å². The first-order valence-electron chi connectivity index (χ1n) is 9.94. The number of amides is 1. The van der Waals surface area contributed by atoms with E-state index in [1.54, 1.807) is 6.07 Å². The van der Waals surface area contributed by atoms with Gasteiger partial charge in [-0.1, -0.05) is 18.2 Å². The van der Waals surface area contributed by atoms with Gasteiger partial charge in [0.1, 0.15) is 5.82 Å². The first-order valence-corrected chi connectivity index (χ1v) is 9.94. The second-order valence-corrected chi connectivity index (χ2v) is 7.20. The molecule has 1 aromatic heterocycles. The molecule has 6 nitrogen and oxygen atoms in total. The Bertz CT molecular complexity index is 1230. The maximum atomic E-state index is 12.8. The van der Waals surface area contributed by atoms with Crippen molar-refractivity contribution in [3.8, 4) is 17.2 Å². The van der Waals surface area contributed by atoms with Gasteiger partial charge in [-0.05, 0) is 49.4 Å². The maximum Gasteiger partial charge on any atom is 0.255 e. The van der Waals surface area contributed by atoms with Crippen molar-refractivity contribution in [1.29, 1.82) is 0 Å². The van der Waals surface area contributed by atoms with Crippen LogP contribution in [0.25, 0.3) is 16.7 Å². The average Bonchev–Trinajstić information content (AvgIpc) is 2.92. The molecule has 1 N–H and O–H groups in total. The van der Waals surface area contributed by atoms with Gasteiger partial charge in [0.05, 0.1) is 24.2 Å². The SMILES string of the molecule is Cc1nc2cc(C(=O)Nc3ccc4c(c3)OCCCO4)ccc2n1-c1ccccc1. The standard InChI is InChI=1S/C24H21N3O3/c1-16-25-20-14-17(8-10-21(20)27(16)19-6-3-2-4-7-19)24(28)26-18-9-11-22-23(15-18)30-13-5-12-29-22/h2-4,6-11,14-15H,5,12-13H2,1H3,(H,26,28). The Hall–Kier alpha value is -3.80. The number of nitrogens with zero attached hydrogens (tertiary/aromatic N) is 2. The Morgan fingerprint density at radius 2 is 1.77 bits per heavy atom. The molecule has 3 aromatic carbocycles. The van der Waals surface area contributed by atoms with Crippen LogP contribution in [0, 0.1) is 6.92 Å². The molecule has 2 heterocycles. The molecule has 0 aliphatic carbocycles. The molecule has 0 fully saturated rings. The highest BCUT2D eigenvalue weighted by atomic mass is 16.5. The maximum absolute atomic E-state index is 12.8. The monoisotopic (exact) mass is 399 g/mol. The number of carbonyl (C=O) groups excluding carboxylic acids is 1. The normalized spacial score (nSPS) is 13.1. The van der Waals surface area contributed by atoms with Crippen LogP contribution in [0.4, 0.5) is 5.69 Å². The highest BCUT2D eigenvalue weighted by Crippen LogP contribution is 2.32. The molecule has 5 rings (SSSR count). The fourth-order valence-corrected chi connectivity index (χ4v) is 3.69. The summed E-state index contributed by atoms with van der Waals surface area (Å²) in [5.74, 6) is 2.03. The second-order valence-electron chi connectivity index (χ2n) is 7.20. The number of imidazole rings is 1. The highest BCUT2D eigenvalue weighted by molar-refractivity contribution is 6.06. The van der Waals surface area contributed by atoms with Crippen LogP contribution in [0.1, 0.15) is 22.6 Å². The first-order chi connectivity index (χ1) is 14.7. The Morgan fingerprint density at radius 1 is 0.967 bits per heavy atom. The summed E-state index contributed by atoms with van der Waals surface area (Å²) in [6.45, 7) is 3.20. The quantitative estimate of drug-likeness (QED) is 0.540. The number of aryl methyl sites for hydroxylation is 1. The molecule has 1 aliphatic rings. The van der Waals surface area contributed by atoms with Gasteiger partial charge in [0.2, 0.25) is 0 Å². The van der Waals surface area contributed by atoms with Gasteiger partial charge < -0.3 is 14.8 Å². The van der Waals surface area contributed by atoms with E-state index in [4.69, 9.17) is 9.47 Å². The third-order valence-corrected chi connectivity index (χ3v) is 5.10. The third-order valence-electron chi connectivity index (χ3n) is 5.10. The van der Waals surface area contributed by atoms with Crippen molar-refractivity contribution in [3.63, 3.8) is 0 Å². The van der Waals surface area contributed by atoms with Crippen LogP contribution in [0.2, 0.25) is 0 Å². The average molecular weight is 399 g/mol. The lowest BCUT2D eigenvalue weighted by atomic mass is 10.1. The Labute approximate surface area is 174 Å². The minimum absolute atomic E-state index is 0.196. The smallest absolute Gasteiger partial charge is 0.255 e. The van der Waals surface area contributed by atoms with E-state index in [1.807, 2.05) is 67.6 Å². The van der Waals surface area contributed by atoms with Crippen molar-refractivity contribution in [2.75, 3.05) is 18.5 Å². The molecule has 0 saturated heterocycles. The number of rotatable bonds is 3. The van der Waals surface area contributed by atoms with Crippen LogP contribution >= 0.6 is 0 Å². The van der Waals surface area contributed by atoms with E-state index in [0.717, 1.165) is 29.0 Å². The predicted octanol–water partition coefficient (Wildman–Crippen LogP) is 4.75. The molecule has 0 unspecified atom stereocenters. The second kappa shape index (κ2) is 7.55. The summed E-state index contributed by atoms with van der Waals surface area (Å²) in [6, 6.07) is 21.1. The van der Waals surface area contributed by atoms with Crippen molar-refractivity contribution in [2.45, 2.75) is 13.3 Å². The Balaban J connectivity index is 1.43. The summed E-state index contributed by atoms with van der Waals surface area (Å²) in [4.78, 5) is 17.5. The predicted molar refractivity (Wildman–Crippen MR) is 116 cm³/mol. The van der Waals surface area contributed by atoms with E-state index in [0.29, 0.717) is 36.0 Å². The van der Waals surface area contributed by atoms with Crippen molar-refractivity contribution >= 4 is 22.6 Å². The van der Waals surface area contributed by atoms with Gasteiger partial charge in [0.15, 0.2) is 11.5 Å². The third kappa shape index (κ3) is 3.37. The molecule has 4 aromatic rings. The van der Waals surface area contributed by atoms with E-state index >= 15 is 0 Å². The minimum Gasteiger partial charge on any atom is -0.490 e. The Kier molecular flexibility index (Phi) is 4.59. The van der Waals surface area contributed by atoms with Crippen LogP contribution in [-0.4, -0.2) is 28.7 Å². The zero-order valence-corrected chi connectivity index (χ0v) is 16.6. The number of benzene rings is 3. The first kappa shape index (κ1) is 18.2. The van der Waals surface area contributed by atoms with E-state index in [9.17, 15) is 4.79 Å². The largest absolute Gasteiger partial charge is 0.490 e. The summed E-state index contributed by atoms with van der Waals surface area (Å²) < 4.78 is 13.4. The van der Waals surface area contributed by atoms with Crippen molar-refractivity contribution in [3.05, 3.63) is 78.1 Å². The van der Waals surface area contributed by atoms with Crippen LogP contribution in [0.3, 0.4) is 0 Å². The number of carbonyl (C=O) groups is 1. The van der Waals surface area contributed by atoms with Gasteiger partial charge in [-0.2, -0.15) is 0 Å². The number of aromatic nitrogens is 2. The lowest BCUT2D eigenvalue weighted by Gasteiger charge is -2.11. The summed E-state index contributed by atoms with van der Waals surface area (Å²) in [5, 5.41) is 2.94. The molecule has 0 radical (unpaired) electrons. The zero-order valence-electron chi connectivity index (χ0n) is 16.6. The number of nitrogens with one attached hydrogen (secondary N) is 1. The van der Waals surface area contributed by atoms with E-state index in [1.165, 1.54) is 0 Å². The van der Waals surface area contributed by atoms with Crippen LogP contribution in [0.5, 0.6) is 11.5 Å². The molecular weight excluding hydrogens is 378 g/mol. The van der Waals surface area contributed by atoms with Gasteiger partial charge in [-0.25, -0.2) is 4.98 Å². The lowest BCUT2D eigenvalue weighted by Crippen LogP contribution is -2.12. The molecule has 0 saturated carbocycles. The Morgan fingerprint density at radius 3 is 2.60 bits per heavy atom. The van der Waals surface area contributed by atoms with E-state index in [-0.39, 0.29) is 5.91 Å². The number of para-hydroxylation sites is 1. The van der Waals surface area contributed by atoms with Crippen LogP contribution in [0.15, 0.2) is 66.7 Å². The highest BCUT2D eigenvalue weighted by Gasteiger charge is 2.15. The van der Waals surface area contributed by atoms with Crippen LogP contribution in [-0.2, 0) is 0 Å². The fraction of sp³-hybridized carbons (Fsp3) is 0.167. The molecule has 30 heavy (non-hydrogen) atoms. The molecular formula is C24H21N3O3. The molecule has 1 amide bonds. The summed E-state index contributed by atoms with van der Waals surface area (Å²) >= 11 is 0. The zero-order chi connectivity index (χ0) is 20.5. The van der Waals surface area contributed by atoms with Crippen LogP contribution < -0.4 is 14.8 Å². The summed E-state index contributed by atoms with van der Waals surface area (Å²) in [7, 11) is 0. The lowest BCUT2D eigenvalue weighted by molar-refractivity contribution is 0.102. The summed E-state index contributed by atoms with van der Waals surface area (Å²) in [5.41, 5.74) is 4.00. The molecule has 6 heteroatoms. The number of ether oxygens (including phenoxy) is 2. The molecule has 0 spiro atoms. The number of anilines is 1. The topological polar surface area (TPSA) is 65.4 Å². The van der Waals surface area contributed by atoms with E-state index < -0.39 is 0 Å². The molecule has 0 atom stereocenters. The van der Waals surface area contributed by atoms with Gasteiger partial charge in [0.25, 0.3) is 5.91 Å². The minimum atomic E-state index is -0.196. The molecule has 0 bridgehead atoms. The van der Waals surface area contributed by atoms with Gasteiger partial charge in [0, 0.05) is 29.4 Å². The molecule has 150 valence electrons.